The number of hydrogen-bond acceptors (Lipinski definition) is 4. The van der Waals surface area contributed by atoms with Crippen LogP contribution in [0.15, 0.2) is 12.4 Å². The van der Waals surface area contributed by atoms with E-state index in [1.807, 2.05) is 4.90 Å². The van der Waals surface area contributed by atoms with E-state index in [1.165, 1.54) is 6.42 Å². The van der Waals surface area contributed by atoms with E-state index >= 15 is 0 Å². The van der Waals surface area contributed by atoms with Gasteiger partial charge in [-0.1, -0.05) is 5.21 Å². The molecule has 3 heterocycles. The molecule has 0 bridgehead atoms. The van der Waals surface area contributed by atoms with Gasteiger partial charge in [0.2, 0.25) is 5.91 Å². The fourth-order valence-corrected chi connectivity index (χ4v) is 3.17. The van der Waals surface area contributed by atoms with Crippen LogP contribution in [-0.2, 0) is 11.3 Å². The number of amides is 1. The number of aromatic nitrogens is 3. The molecule has 1 aromatic heterocycles. The first-order valence-corrected chi connectivity index (χ1v) is 7.10. The van der Waals surface area contributed by atoms with E-state index in [9.17, 15) is 4.79 Å². The summed E-state index contributed by atoms with van der Waals surface area (Å²) < 4.78 is 1.71. The third-order valence-corrected chi connectivity index (χ3v) is 4.54. The van der Waals surface area contributed by atoms with E-state index in [0.717, 1.165) is 39.0 Å². The highest BCUT2D eigenvalue weighted by molar-refractivity contribution is 5.85. The van der Waals surface area contributed by atoms with Gasteiger partial charge < -0.3 is 10.2 Å². The Kier molecular flexibility index (Phi) is 4.99. The summed E-state index contributed by atoms with van der Waals surface area (Å²) >= 11 is 0. The predicted molar refractivity (Wildman–Crippen MR) is 77.6 cm³/mol. The lowest BCUT2D eigenvalue weighted by Gasteiger charge is -2.38. The largest absolute Gasteiger partial charge is 0.343 e. The van der Waals surface area contributed by atoms with Crippen molar-refractivity contribution in [3.8, 4) is 0 Å². The molecule has 7 heteroatoms. The van der Waals surface area contributed by atoms with Gasteiger partial charge in [-0.05, 0) is 31.2 Å². The Labute approximate surface area is 125 Å². The third kappa shape index (κ3) is 3.30. The molecular weight excluding hydrogens is 278 g/mol. The first kappa shape index (κ1) is 15.3. The highest BCUT2D eigenvalue weighted by atomic mass is 35.5. The topological polar surface area (TPSA) is 63.1 Å². The number of nitrogens with zero attached hydrogens (tertiary/aromatic N) is 4. The molecule has 2 fully saturated rings. The summed E-state index contributed by atoms with van der Waals surface area (Å²) in [4.78, 5) is 14.2. The summed E-state index contributed by atoms with van der Waals surface area (Å²) in [5, 5.41) is 11.1. The fraction of sp³-hybridized carbons (Fsp3) is 0.769. The maximum absolute atomic E-state index is 12.1. The number of piperidine rings is 1. The highest BCUT2D eigenvalue weighted by Crippen LogP contribution is 2.36. The average molecular weight is 300 g/mol. The van der Waals surface area contributed by atoms with Crippen LogP contribution >= 0.6 is 12.4 Å². The molecular formula is C13H22ClN5O. The molecule has 1 aromatic rings. The lowest BCUT2D eigenvalue weighted by atomic mass is 9.78. The van der Waals surface area contributed by atoms with Crippen molar-refractivity contribution in [1.29, 1.82) is 0 Å². The third-order valence-electron chi connectivity index (χ3n) is 4.54. The van der Waals surface area contributed by atoms with Gasteiger partial charge in [-0.25, -0.2) is 0 Å². The minimum absolute atomic E-state index is 0. The molecule has 20 heavy (non-hydrogen) atoms. The number of likely N-dealkylation sites (tertiary alicyclic amines) is 1. The van der Waals surface area contributed by atoms with E-state index in [-0.39, 0.29) is 18.3 Å². The fourth-order valence-electron chi connectivity index (χ4n) is 3.17. The molecule has 112 valence electrons. The van der Waals surface area contributed by atoms with Gasteiger partial charge in [-0.15, -0.1) is 17.5 Å². The highest BCUT2D eigenvalue weighted by Gasteiger charge is 2.37. The van der Waals surface area contributed by atoms with Crippen LogP contribution in [0.5, 0.6) is 0 Å². The molecule has 3 rings (SSSR count). The van der Waals surface area contributed by atoms with Gasteiger partial charge in [0.25, 0.3) is 0 Å². The Bertz CT molecular complexity index is 420. The van der Waals surface area contributed by atoms with Crippen molar-refractivity contribution in [1.82, 2.24) is 25.2 Å². The van der Waals surface area contributed by atoms with Crippen LogP contribution in [0.1, 0.15) is 25.7 Å². The van der Waals surface area contributed by atoms with Gasteiger partial charge >= 0.3 is 0 Å². The van der Waals surface area contributed by atoms with Crippen molar-refractivity contribution in [3.05, 3.63) is 12.4 Å². The maximum atomic E-state index is 12.1. The van der Waals surface area contributed by atoms with Crippen LogP contribution in [0.3, 0.4) is 0 Å². The summed E-state index contributed by atoms with van der Waals surface area (Å²) in [7, 11) is 0. The number of halogens is 1. The second-order valence-electron chi connectivity index (χ2n) is 5.72. The number of rotatable bonds is 3. The second-order valence-corrected chi connectivity index (χ2v) is 5.72. The molecule has 2 aliphatic heterocycles. The van der Waals surface area contributed by atoms with Gasteiger partial charge in [-0.2, -0.15) is 0 Å². The lowest BCUT2D eigenvalue weighted by molar-refractivity contribution is -0.133. The molecule has 0 aromatic carbocycles. The van der Waals surface area contributed by atoms with Crippen LogP contribution in [0.4, 0.5) is 0 Å². The van der Waals surface area contributed by atoms with E-state index in [0.29, 0.717) is 18.4 Å². The van der Waals surface area contributed by atoms with E-state index in [4.69, 9.17) is 0 Å². The summed E-state index contributed by atoms with van der Waals surface area (Å²) in [5.41, 5.74) is 0.475. The smallest absolute Gasteiger partial charge is 0.224 e. The maximum Gasteiger partial charge on any atom is 0.224 e. The Morgan fingerprint density at radius 3 is 2.70 bits per heavy atom. The first-order chi connectivity index (χ1) is 9.27. The summed E-state index contributed by atoms with van der Waals surface area (Å²) in [6.07, 6.45) is 7.53. The number of hydrogen-bond donors (Lipinski definition) is 1. The molecule has 1 N–H and O–H groups in total. The summed E-state index contributed by atoms with van der Waals surface area (Å²) in [5.74, 6) is 0.247. The zero-order valence-corrected chi connectivity index (χ0v) is 12.4. The number of carbonyl (C=O) groups is 1. The molecule has 1 amide bonds. The van der Waals surface area contributed by atoms with Crippen molar-refractivity contribution < 1.29 is 4.79 Å². The Balaban J connectivity index is 0.00000147. The van der Waals surface area contributed by atoms with Crippen molar-refractivity contribution >= 4 is 18.3 Å². The van der Waals surface area contributed by atoms with Crippen LogP contribution in [0, 0.1) is 5.41 Å². The quantitative estimate of drug-likeness (QED) is 0.892. The van der Waals surface area contributed by atoms with Crippen LogP contribution < -0.4 is 5.32 Å². The van der Waals surface area contributed by atoms with Crippen molar-refractivity contribution in [2.75, 3.05) is 26.2 Å². The predicted octanol–water partition coefficient (Wildman–Crippen LogP) is 0.692. The molecule has 0 aliphatic carbocycles. The Morgan fingerprint density at radius 1 is 1.30 bits per heavy atom. The molecule has 2 aliphatic rings. The number of nitrogens with one attached hydrogen (secondary N) is 1. The standard InChI is InChI=1S/C13H21N5O.ClH/c19-12(1-7-18-10-6-15-16-18)17-8-3-13(4-9-17)2-5-14-11-13;/h6,10,14H,1-5,7-9,11H2;1H. The monoisotopic (exact) mass is 299 g/mol. The first-order valence-electron chi connectivity index (χ1n) is 7.10. The Hall–Kier alpha value is -1.14. The average Bonchev–Trinajstić information content (AvgIpc) is 3.09. The van der Waals surface area contributed by atoms with Crippen LogP contribution in [-0.4, -0.2) is 52.0 Å². The molecule has 0 atom stereocenters. The van der Waals surface area contributed by atoms with Gasteiger partial charge in [-0.3, -0.25) is 9.48 Å². The SMILES string of the molecule is Cl.O=C(CCn1ccnn1)N1CCC2(CCNC2)CC1. The van der Waals surface area contributed by atoms with Crippen molar-refractivity contribution in [3.63, 3.8) is 0 Å². The van der Waals surface area contributed by atoms with E-state index in [1.54, 1.807) is 17.1 Å². The molecule has 0 unspecified atom stereocenters. The van der Waals surface area contributed by atoms with Gasteiger partial charge in [0.1, 0.15) is 0 Å². The zero-order valence-electron chi connectivity index (χ0n) is 11.6. The van der Waals surface area contributed by atoms with E-state index in [2.05, 4.69) is 15.6 Å². The van der Waals surface area contributed by atoms with Crippen molar-refractivity contribution in [2.45, 2.75) is 32.2 Å². The van der Waals surface area contributed by atoms with Crippen LogP contribution in [0.25, 0.3) is 0 Å². The minimum atomic E-state index is 0. The van der Waals surface area contributed by atoms with Crippen molar-refractivity contribution in [2.24, 2.45) is 5.41 Å². The van der Waals surface area contributed by atoms with E-state index < -0.39 is 0 Å². The summed E-state index contributed by atoms with van der Waals surface area (Å²) in [6.45, 7) is 4.73. The molecule has 2 saturated heterocycles. The minimum Gasteiger partial charge on any atom is -0.343 e. The van der Waals surface area contributed by atoms with Crippen LogP contribution in [0.2, 0.25) is 0 Å². The molecule has 6 nitrogen and oxygen atoms in total. The number of carbonyl (C=O) groups excluding carboxylic acids is 1. The lowest BCUT2D eigenvalue weighted by Crippen LogP contribution is -2.44. The Morgan fingerprint density at radius 2 is 2.10 bits per heavy atom. The molecule has 0 radical (unpaired) electrons. The van der Waals surface area contributed by atoms with Gasteiger partial charge in [0, 0.05) is 32.3 Å². The summed E-state index contributed by atoms with van der Waals surface area (Å²) in [6, 6.07) is 0. The molecule has 1 spiro atoms. The molecule has 0 saturated carbocycles. The van der Waals surface area contributed by atoms with Gasteiger partial charge in [0.15, 0.2) is 0 Å². The zero-order chi connectivity index (χ0) is 13.1. The second kappa shape index (κ2) is 6.54. The number of aryl methyl sites for hydroxylation is 1. The van der Waals surface area contributed by atoms with Gasteiger partial charge in [0.05, 0.1) is 12.7 Å². The normalized spacial score (nSPS) is 20.9.